The van der Waals surface area contributed by atoms with E-state index in [2.05, 4.69) is 33.9 Å². The SMILES string of the molecule is CC(C)(C)[Si](C)(C)OC1(c2ccc(C(=O)[O-])cc2)CC1.[Li+]. The minimum absolute atomic E-state index is 0. The molecule has 3 nitrogen and oxygen atoms in total. The first-order valence-electron chi connectivity index (χ1n) is 7.09. The molecule has 0 aromatic heterocycles. The minimum Gasteiger partial charge on any atom is -0.545 e. The van der Waals surface area contributed by atoms with Crippen molar-refractivity contribution in [1.82, 2.24) is 0 Å². The Bertz CT molecular complexity index is 513. The van der Waals surface area contributed by atoms with Crippen molar-refractivity contribution in [3.05, 3.63) is 35.4 Å². The van der Waals surface area contributed by atoms with Gasteiger partial charge >= 0.3 is 18.9 Å². The van der Waals surface area contributed by atoms with Crippen molar-refractivity contribution in [1.29, 1.82) is 0 Å². The van der Waals surface area contributed by atoms with Gasteiger partial charge in [-0.1, -0.05) is 45.0 Å². The molecule has 1 aromatic rings. The number of hydrogen-bond donors (Lipinski definition) is 0. The number of carbonyl (C=O) groups excluding carboxylic acids is 1. The zero-order valence-corrected chi connectivity index (χ0v) is 14.9. The maximum atomic E-state index is 10.8. The van der Waals surface area contributed by atoms with Crippen molar-refractivity contribution in [3.8, 4) is 0 Å². The third-order valence-corrected chi connectivity index (χ3v) is 9.12. The smallest absolute Gasteiger partial charge is 0.545 e. The van der Waals surface area contributed by atoms with Gasteiger partial charge in [-0.05, 0) is 42.1 Å². The predicted molar refractivity (Wildman–Crippen MR) is 80.0 cm³/mol. The predicted octanol–water partition coefficient (Wildman–Crippen LogP) is 0.0650. The van der Waals surface area contributed by atoms with Crippen molar-refractivity contribution >= 4 is 14.3 Å². The number of carboxylic acid groups (broad SMARTS) is 1. The molecule has 0 radical (unpaired) electrons. The largest absolute Gasteiger partial charge is 1.00 e. The summed E-state index contributed by atoms with van der Waals surface area (Å²) in [7, 11) is -1.82. The normalized spacial score (nSPS) is 17.0. The molecule has 1 aliphatic carbocycles. The van der Waals surface area contributed by atoms with Gasteiger partial charge in [0.15, 0.2) is 8.32 Å². The fraction of sp³-hybridized carbons (Fsp3) is 0.562. The Hall–Kier alpha value is -0.536. The average molecular weight is 298 g/mol. The molecule has 0 atom stereocenters. The fourth-order valence-corrected chi connectivity index (χ4v) is 3.72. The summed E-state index contributed by atoms with van der Waals surface area (Å²) in [6.07, 6.45) is 2.04. The van der Waals surface area contributed by atoms with Crippen molar-refractivity contribution in [2.45, 2.75) is 57.3 Å². The topological polar surface area (TPSA) is 49.4 Å². The molecule has 2 rings (SSSR count). The van der Waals surface area contributed by atoms with Crippen molar-refractivity contribution in [2.75, 3.05) is 0 Å². The Morgan fingerprint density at radius 2 is 1.67 bits per heavy atom. The number of hydrogen-bond acceptors (Lipinski definition) is 3. The van der Waals surface area contributed by atoms with Gasteiger partial charge in [-0.3, -0.25) is 0 Å². The molecule has 110 valence electrons. The van der Waals surface area contributed by atoms with Gasteiger partial charge in [-0.25, -0.2) is 0 Å². The van der Waals surface area contributed by atoms with Crippen LogP contribution in [0.5, 0.6) is 0 Å². The molecule has 0 N–H and O–H groups in total. The van der Waals surface area contributed by atoms with E-state index >= 15 is 0 Å². The molecule has 0 spiro atoms. The second-order valence-electron chi connectivity index (χ2n) is 7.22. The van der Waals surface area contributed by atoms with Crippen LogP contribution in [0.25, 0.3) is 0 Å². The van der Waals surface area contributed by atoms with Gasteiger partial charge in [0, 0.05) is 0 Å². The Balaban J connectivity index is 0.00000220. The Morgan fingerprint density at radius 1 is 1.19 bits per heavy atom. The van der Waals surface area contributed by atoms with Gasteiger partial charge in [0.25, 0.3) is 0 Å². The van der Waals surface area contributed by atoms with Crippen molar-refractivity contribution in [2.24, 2.45) is 0 Å². The van der Waals surface area contributed by atoms with Crippen molar-refractivity contribution in [3.63, 3.8) is 0 Å². The molecule has 1 aromatic carbocycles. The first-order chi connectivity index (χ1) is 9.07. The zero-order chi connectivity index (χ0) is 15.2. The molecule has 1 aliphatic rings. The molecule has 1 fully saturated rings. The maximum Gasteiger partial charge on any atom is 1.00 e. The summed E-state index contributed by atoms with van der Waals surface area (Å²) in [6, 6.07) is 6.95. The molecule has 21 heavy (non-hydrogen) atoms. The van der Waals surface area contributed by atoms with Crippen LogP contribution >= 0.6 is 0 Å². The van der Waals surface area contributed by atoms with Crippen LogP contribution in [0.3, 0.4) is 0 Å². The van der Waals surface area contributed by atoms with Gasteiger partial charge in [0.1, 0.15) is 0 Å². The Morgan fingerprint density at radius 3 is 2.00 bits per heavy atom. The second-order valence-corrected chi connectivity index (χ2v) is 11.9. The molecular formula is C16H23LiO3Si. The molecule has 0 unspecified atom stereocenters. The van der Waals surface area contributed by atoms with E-state index in [-0.39, 0.29) is 35.1 Å². The van der Waals surface area contributed by atoms with E-state index < -0.39 is 14.3 Å². The molecule has 0 heterocycles. The molecular weight excluding hydrogens is 275 g/mol. The number of benzene rings is 1. The van der Waals surface area contributed by atoms with Crippen LogP contribution < -0.4 is 24.0 Å². The molecule has 0 saturated heterocycles. The van der Waals surface area contributed by atoms with Crippen LogP contribution in [0.15, 0.2) is 24.3 Å². The van der Waals surface area contributed by atoms with Gasteiger partial charge in [-0.15, -0.1) is 0 Å². The number of rotatable bonds is 4. The molecule has 0 amide bonds. The van der Waals surface area contributed by atoms with Gasteiger partial charge < -0.3 is 14.3 Å². The van der Waals surface area contributed by atoms with Crippen LogP contribution in [0.2, 0.25) is 18.1 Å². The molecule has 1 saturated carbocycles. The first-order valence-corrected chi connectivity index (χ1v) is 10.0. The van der Waals surface area contributed by atoms with E-state index in [9.17, 15) is 9.90 Å². The van der Waals surface area contributed by atoms with Gasteiger partial charge in [-0.2, -0.15) is 0 Å². The van der Waals surface area contributed by atoms with Crippen LogP contribution in [-0.4, -0.2) is 14.3 Å². The van der Waals surface area contributed by atoms with Crippen LogP contribution in [-0.2, 0) is 10.0 Å². The van der Waals surface area contributed by atoms with Gasteiger partial charge in [0.2, 0.25) is 0 Å². The third kappa shape index (κ3) is 3.81. The fourth-order valence-electron chi connectivity index (χ4n) is 2.11. The quantitative estimate of drug-likeness (QED) is 0.739. The second kappa shape index (κ2) is 5.93. The monoisotopic (exact) mass is 298 g/mol. The standard InChI is InChI=1S/C16H24O3Si.Li/c1-15(2,3)20(4,5)19-16(10-11-16)13-8-6-12(7-9-13)14(17)18;/h6-9H,10-11H2,1-5H3,(H,17,18);/q;+1/p-1. The van der Waals surface area contributed by atoms with Crippen LogP contribution in [0, 0.1) is 0 Å². The maximum absolute atomic E-state index is 10.8. The van der Waals surface area contributed by atoms with Crippen LogP contribution in [0.1, 0.15) is 49.5 Å². The Labute approximate surface area is 140 Å². The number of carbonyl (C=O) groups is 1. The van der Waals surface area contributed by atoms with E-state index in [1.54, 1.807) is 12.1 Å². The summed E-state index contributed by atoms with van der Waals surface area (Å²) in [6.45, 7) is 11.2. The summed E-state index contributed by atoms with van der Waals surface area (Å²) >= 11 is 0. The minimum atomic E-state index is -1.82. The first kappa shape index (κ1) is 18.5. The molecule has 5 heteroatoms. The van der Waals surface area contributed by atoms with E-state index in [1.807, 2.05) is 12.1 Å². The summed E-state index contributed by atoms with van der Waals surface area (Å²) < 4.78 is 6.56. The summed E-state index contributed by atoms with van der Waals surface area (Å²) in [5, 5.41) is 11.0. The van der Waals surface area contributed by atoms with E-state index in [4.69, 9.17) is 4.43 Å². The number of carboxylic acids is 1. The zero-order valence-electron chi connectivity index (χ0n) is 13.9. The number of aromatic carboxylic acids is 1. The van der Waals surface area contributed by atoms with E-state index in [0.29, 0.717) is 0 Å². The summed E-state index contributed by atoms with van der Waals surface area (Å²) in [5.41, 5.74) is 1.12. The van der Waals surface area contributed by atoms with E-state index in [1.165, 1.54) is 0 Å². The third-order valence-electron chi connectivity index (χ3n) is 4.61. The summed E-state index contributed by atoms with van der Waals surface area (Å²) in [5.74, 6) is -1.13. The molecule has 0 bridgehead atoms. The average Bonchev–Trinajstić information content (AvgIpc) is 3.08. The summed E-state index contributed by atoms with van der Waals surface area (Å²) in [4.78, 5) is 10.8. The Kier molecular flexibility index (Phi) is 5.22. The van der Waals surface area contributed by atoms with E-state index in [0.717, 1.165) is 18.4 Å². The van der Waals surface area contributed by atoms with Crippen LogP contribution in [0.4, 0.5) is 0 Å². The molecule has 0 aliphatic heterocycles. The van der Waals surface area contributed by atoms with Crippen molar-refractivity contribution < 1.29 is 33.2 Å². The van der Waals surface area contributed by atoms with Gasteiger partial charge in [0.05, 0.1) is 11.6 Å².